The average molecular weight is 474 g/mol. The van der Waals surface area contributed by atoms with Crippen LogP contribution in [0.2, 0.25) is 0 Å². The number of hydrogen-bond donors (Lipinski definition) is 2. The number of H-pyrrole nitrogens is 1. The molecule has 3 amide bonds. The predicted octanol–water partition coefficient (Wildman–Crippen LogP) is 4.13. The van der Waals surface area contributed by atoms with Gasteiger partial charge in [0.1, 0.15) is 12.3 Å². The molecular formula is C28H31N3O4. The van der Waals surface area contributed by atoms with E-state index >= 15 is 0 Å². The topological polar surface area (TPSA) is 91.5 Å². The van der Waals surface area contributed by atoms with Gasteiger partial charge in [-0.3, -0.25) is 19.3 Å². The fourth-order valence-electron chi connectivity index (χ4n) is 5.68. The van der Waals surface area contributed by atoms with Crippen molar-refractivity contribution in [2.45, 2.75) is 44.4 Å². The van der Waals surface area contributed by atoms with Gasteiger partial charge in [0.2, 0.25) is 17.7 Å². The van der Waals surface area contributed by atoms with Crippen molar-refractivity contribution in [2.75, 3.05) is 20.2 Å². The lowest BCUT2D eigenvalue weighted by atomic mass is 9.73. The van der Waals surface area contributed by atoms with Crippen LogP contribution in [0.15, 0.2) is 54.7 Å². The summed E-state index contributed by atoms with van der Waals surface area (Å²) in [4.78, 5) is 43.2. The number of methoxy groups -OCH3 is 1. The molecular weight excluding hydrogens is 442 g/mol. The first-order valence-electron chi connectivity index (χ1n) is 12.3. The lowest BCUT2D eigenvalue weighted by Gasteiger charge is -2.30. The third-order valence-corrected chi connectivity index (χ3v) is 7.62. The van der Waals surface area contributed by atoms with E-state index in [2.05, 4.69) is 16.4 Å². The quantitative estimate of drug-likeness (QED) is 0.505. The van der Waals surface area contributed by atoms with E-state index in [0.29, 0.717) is 6.54 Å². The molecule has 1 atom stereocenters. The summed E-state index contributed by atoms with van der Waals surface area (Å²) in [7, 11) is 1.63. The first-order chi connectivity index (χ1) is 17.0. The highest BCUT2D eigenvalue weighted by Gasteiger charge is 2.51. The van der Waals surface area contributed by atoms with Crippen molar-refractivity contribution in [3.05, 3.63) is 65.9 Å². The van der Waals surface area contributed by atoms with Crippen LogP contribution in [0.3, 0.4) is 0 Å². The summed E-state index contributed by atoms with van der Waals surface area (Å²) in [6.07, 6.45) is 6.74. The maximum atomic E-state index is 13.1. The van der Waals surface area contributed by atoms with Crippen LogP contribution in [-0.4, -0.2) is 47.8 Å². The zero-order valence-electron chi connectivity index (χ0n) is 20.0. The van der Waals surface area contributed by atoms with Crippen molar-refractivity contribution in [3.63, 3.8) is 0 Å². The number of rotatable bonds is 7. The Labute approximate surface area is 204 Å². The Morgan fingerprint density at radius 3 is 2.57 bits per heavy atom. The molecule has 7 nitrogen and oxygen atoms in total. The minimum absolute atomic E-state index is 0.115. The predicted molar refractivity (Wildman–Crippen MR) is 133 cm³/mol. The Kier molecular flexibility index (Phi) is 6.32. The Hall–Kier alpha value is -3.61. The van der Waals surface area contributed by atoms with Gasteiger partial charge in [-0.05, 0) is 42.2 Å². The van der Waals surface area contributed by atoms with Crippen LogP contribution < -0.4 is 10.1 Å². The summed E-state index contributed by atoms with van der Waals surface area (Å²) >= 11 is 0. The van der Waals surface area contributed by atoms with Gasteiger partial charge in [0.25, 0.3) is 0 Å². The van der Waals surface area contributed by atoms with Gasteiger partial charge >= 0.3 is 0 Å². The van der Waals surface area contributed by atoms with Crippen molar-refractivity contribution < 1.29 is 19.1 Å². The number of benzene rings is 2. The second kappa shape index (κ2) is 9.56. The normalized spacial score (nSPS) is 18.3. The molecule has 1 aliphatic heterocycles. The second-order valence-electron chi connectivity index (χ2n) is 9.72. The first kappa shape index (κ1) is 23.1. The Bertz CT molecular complexity index is 1240. The highest BCUT2D eigenvalue weighted by atomic mass is 16.5. The summed E-state index contributed by atoms with van der Waals surface area (Å²) in [5, 5.41) is 4.08. The highest BCUT2D eigenvalue weighted by molar-refractivity contribution is 6.08. The van der Waals surface area contributed by atoms with E-state index < -0.39 is 5.41 Å². The van der Waals surface area contributed by atoms with Crippen LogP contribution >= 0.6 is 0 Å². The molecule has 2 heterocycles. The van der Waals surface area contributed by atoms with E-state index in [1.807, 2.05) is 48.7 Å². The van der Waals surface area contributed by atoms with Crippen LogP contribution in [0.25, 0.3) is 10.9 Å². The van der Waals surface area contributed by atoms with E-state index in [1.54, 1.807) is 7.11 Å². The van der Waals surface area contributed by atoms with Crippen LogP contribution in [0.1, 0.15) is 55.6 Å². The number of amides is 3. The van der Waals surface area contributed by atoms with Crippen molar-refractivity contribution in [1.29, 1.82) is 0 Å². The number of fused-ring (bicyclic) bond motifs is 1. The van der Waals surface area contributed by atoms with Crippen LogP contribution in [0.5, 0.6) is 5.75 Å². The summed E-state index contributed by atoms with van der Waals surface area (Å²) in [6.45, 7) is 0.122. The molecule has 182 valence electrons. The number of nitrogens with zero attached hydrogens (tertiary/aromatic N) is 1. The lowest BCUT2D eigenvalue weighted by molar-refractivity contribution is -0.145. The van der Waals surface area contributed by atoms with E-state index in [4.69, 9.17) is 4.74 Å². The molecule has 2 aromatic carbocycles. The Morgan fingerprint density at radius 1 is 1.09 bits per heavy atom. The van der Waals surface area contributed by atoms with E-state index in [0.717, 1.165) is 59.9 Å². The minimum atomic E-state index is -0.578. The number of para-hydroxylation sites is 1. The third-order valence-electron chi connectivity index (χ3n) is 7.62. The summed E-state index contributed by atoms with van der Waals surface area (Å²) in [5.41, 5.74) is 2.55. The van der Waals surface area contributed by atoms with Gasteiger partial charge in [0.15, 0.2) is 0 Å². The SMILES string of the molecule is COc1ccc([C@@H](CNC(=O)CN2C(=O)CC3(CCCCC3)C2=O)c2c[nH]c3ccccc23)cc1. The molecule has 0 unspecified atom stereocenters. The smallest absolute Gasteiger partial charge is 0.240 e. The molecule has 0 bridgehead atoms. The Balaban J connectivity index is 1.33. The van der Waals surface area contributed by atoms with Crippen molar-refractivity contribution in [2.24, 2.45) is 5.41 Å². The average Bonchev–Trinajstić information content (AvgIpc) is 3.40. The standard InChI is InChI=1S/C28H31N3O4/c1-35-20-11-9-19(10-12-20)22(23-17-29-24-8-4-3-7-21(23)24)16-30-25(32)18-31-26(33)15-28(27(31)34)13-5-2-6-14-28/h3-4,7-12,17,22,29H,2,5-6,13-16,18H2,1H3,(H,30,32)/t22-/m1/s1. The van der Waals surface area contributed by atoms with Gasteiger partial charge < -0.3 is 15.0 Å². The number of nitrogens with one attached hydrogen (secondary N) is 2. The van der Waals surface area contributed by atoms with Crippen LogP contribution in [0.4, 0.5) is 0 Å². The molecule has 1 saturated heterocycles. The van der Waals surface area contributed by atoms with Gasteiger partial charge in [-0.1, -0.05) is 49.6 Å². The first-order valence-corrected chi connectivity index (χ1v) is 12.3. The zero-order valence-corrected chi connectivity index (χ0v) is 20.0. The number of aromatic amines is 1. The monoisotopic (exact) mass is 473 g/mol. The number of imide groups is 1. The number of ether oxygens (including phenoxy) is 1. The van der Waals surface area contributed by atoms with Gasteiger partial charge in [0, 0.05) is 36.0 Å². The maximum absolute atomic E-state index is 13.1. The maximum Gasteiger partial charge on any atom is 0.240 e. The fraction of sp³-hybridized carbons (Fsp3) is 0.393. The molecule has 7 heteroatoms. The molecule has 35 heavy (non-hydrogen) atoms. The van der Waals surface area contributed by atoms with E-state index in [-0.39, 0.29) is 36.6 Å². The molecule has 2 N–H and O–H groups in total. The van der Waals surface area contributed by atoms with Gasteiger partial charge in [-0.15, -0.1) is 0 Å². The summed E-state index contributed by atoms with van der Waals surface area (Å²) in [6, 6.07) is 15.9. The van der Waals surface area contributed by atoms with Gasteiger partial charge in [-0.2, -0.15) is 0 Å². The molecule has 1 spiro atoms. The number of likely N-dealkylation sites (tertiary alicyclic amines) is 1. The molecule has 1 aromatic heterocycles. The fourth-order valence-corrected chi connectivity index (χ4v) is 5.68. The van der Waals surface area contributed by atoms with Gasteiger partial charge in [-0.25, -0.2) is 0 Å². The molecule has 2 aliphatic rings. The number of aromatic nitrogens is 1. The van der Waals surface area contributed by atoms with Crippen molar-refractivity contribution >= 4 is 28.6 Å². The second-order valence-corrected chi connectivity index (χ2v) is 9.72. The Morgan fingerprint density at radius 2 is 1.83 bits per heavy atom. The van der Waals surface area contributed by atoms with E-state index in [1.165, 1.54) is 4.90 Å². The highest BCUT2D eigenvalue weighted by Crippen LogP contribution is 2.45. The molecule has 0 radical (unpaired) electrons. The van der Waals surface area contributed by atoms with Gasteiger partial charge in [0.05, 0.1) is 12.5 Å². The molecule has 2 fully saturated rings. The van der Waals surface area contributed by atoms with Crippen molar-refractivity contribution in [1.82, 2.24) is 15.2 Å². The summed E-state index contributed by atoms with van der Waals surface area (Å²) in [5.74, 6) is -0.0668. The minimum Gasteiger partial charge on any atom is -0.497 e. The molecule has 1 aliphatic carbocycles. The van der Waals surface area contributed by atoms with E-state index in [9.17, 15) is 14.4 Å². The number of hydrogen-bond acceptors (Lipinski definition) is 4. The number of carbonyl (C=O) groups excluding carboxylic acids is 3. The molecule has 1 saturated carbocycles. The zero-order chi connectivity index (χ0) is 24.4. The van der Waals surface area contributed by atoms with Crippen LogP contribution in [-0.2, 0) is 14.4 Å². The third kappa shape index (κ3) is 4.43. The largest absolute Gasteiger partial charge is 0.497 e. The van der Waals surface area contributed by atoms with Crippen LogP contribution in [0, 0.1) is 5.41 Å². The molecule has 3 aromatic rings. The lowest BCUT2D eigenvalue weighted by Crippen LogP contribution is -2.43. The summed E-state index contributed by atoms with van der Waals surface area (Å²) < 4.78 is 5.30. The van der Waals surface area contributed by atoms with Crippen molar-refractivity contribution in [3.8, 4) is 5.75 Å². The molecule has 5 rings (SSSR count). The number of carbonyl (C=O) groups is 3.